The summed E-state index contributed by atoms with van der Waals surface area (Å²) in [4.78, 5) is 27.8. The van der Waals surface area contributed by atoms with Gasteiger partial charge in [0.1, 0.15) is 24.7 Å². The van der Waals surface area contributed by atoms with Gasteiger partial charge in [0, 0.05) is 23.7 Å². The van der Waals surface area contributed by atoms with E-state index in [2.05, 4.69) is 10.4 Å². The van der Waals surface area contributed by atoms with Crippen LogP contribution < -0.4 is 15.0 Å². The Kier molecular flexibility index (Phi) is 6.47. The molecule has 2 aliphatic rings. The maximum Gasteiger partial charge on any atom is 0.240 e. The fourth-order valence-corrected chi connectivity index (χ4v) is 5.04. The molecular weight excluding hydrogens is 471 g/mol. The van der Waals surface area contributed by atoms with E-state index in [1.54, 1.807) is 48.1 Å². The number of fused-ring (bicyclic) bond motifs is 3. The zero-order valence-corrected chi connectivity index (χ0v) is 20.1. The quantitative estimate of drug-likeness (QED) is 0.548. The van der Waals surface area contributed by atoms with Gasteiger partial charge in [0.15, 0.2) is 5.82 Å². The van der Waals surface area contributed by atoms with Crippen molar-refractivity contribution in [3.05, 3.63) is 64.4 Å². The summed E-state index contributed by atoms with van der Waals surface area (Å²) in [5.41, 5.74) is 2.47. The lowest BCUT2D eigenvalue weighted by molar-refractivity contribution is -0.124. The van der Waals surface area contributed by atoms with Crippen molar-refractivity contribution < 1.29 is 18.7 Å². The van der Waals surface area contributed by atoms with Crippen LogP contribution in [0.1, 0.15) is 36.8 Å². The lowest BCUT2D eigenvalue weighted by atomic mass is 10.0. The number of anilines is 1. The van der Waals surface area contributed by atoms with E-state index in [9.17, 15) is 14.0 Å². The molecule has 1 N–H and O–H groups in total. The van der Waals surface area contributed by atoms with Crippen LogP contribution in [0.2, 0.25) is 5.02 Å². The predicted octanol–water partition coefficient (Wildman–Crippen LogP) is 4.41. The molecule has 0 radical (unpaired) electrons. The van der Waals surface area contributed by atoms with Gasteiger partial charge in [-0.05, 0) is 42.7 Å². The first kappa shape index (κ1) is 23.4. The first-order chi connectivity index (χ1) is 16.9. The van der Waals surface area contributed by atoms with E-state index >= 15 is 0 Å². The highest BCUT2D eigenvalue weighted by Gasteiger charge is 2.32. The molecule has 2 aromatic carbocycles. The smallest absolute Gasteiger partial charge is 0.240 e. The summed E-state index contributed by atoms with van der Waals surface area (Å²) in [6.45, 7) is -0.0312. The number of rotatable bonds is 6. The van der Waals surface area contributed by atoms with Gasteiger partial charge in [0.25, 0.3) is 0 Å². The van der Waals surface area contributed by atoms with E-state index < -0.39 is 11.7 Å². The SMILES string of the molecule is Cn1nc(N(CC(=O)NC2CCCC2)C(=O)Cc2ccccc2F)c2c1-c1cc(Cl)ccc1OC2. The summed E-state index contributed by atoms with van der Waals surface area (Å²) in [6, 6.07) is 11.6. The first-order valence-corrected chi connectivity index (χ1v) is 12.1. The van der Waals surface area contributed by atoms with Gasteiger partial charge in [-0.3, -0.25) is 19.2 Å². The third-order valence-corrected chi connectivity index (χ3v) is 6.81. The minimum atomic E-state index is -0.467. The highest BCUT2D eigenvalue weighted by Crippen LogP contribution is 2.42. The normalized spacial score (nSPS) is 14.7. The fraction of sp³-hybridized carbons (Fsp3) is 0.346. The average Bonchev–Trinajstić information content (AvgIpc) is 3.46. The Bertz CT molecular complexity index is 1290. The molecule has 182 valence electrons. The maximum atomic E-state index is 14.3. The highest BCUT2D eigenvalue weighted by molar-refractivity contribution is 6.31. The van der Waals surface area contributed by atoms with Crippen LogP contribution in [-0.2, 0) is 29.7 Å². The molecule has 2 amide bonds. The topological polar surface area (TPSA) is 76.5 Å². The van der Waals surface area contributed by atoms with Crippen molar-refractivity contribution in [1.29, 1.82) is 0 Å². The first-order valence-electron chi connectivity index (χ1n) is 11.7. The lowest BCUT2D eigenvalue weighted by Crippen LogP contribution is -2.44. The Morgan fingerprint density at radius 2 is 2.00 bits per heavy atom. The third kappa shape index (κ3) is 4.75. The number of amides is 2. The van der Waals surface area contributed by atoms with Crippen molar-refractivity contribution in [2.24, 2.45) is 7.05 Å². The molecular formula is C26H26ClFN4O3. The molecule has 0 unspecified atom stereocenters. The van der Waals surface area contributed by atoms with Gasteiger partial charge in [-0.25, -0.2) is 4.39 Å². The lowest BCUT2D eigenvalue weighted by Gasteiger charge is -2.24. The van der Waals surface area contributed by atoms with E-state index in [1.807, 2.05) is 0 Å². The van der Waals surface area contributed by atoms with Gasteiger partial charge in [0.2, 0.25) is 11.8 Å². The maximum absolute atomic E-state index is 14.3. The number of nitrogens with one attached hydrogen (secondary N) is 1. The van der Waals surface area contributed by atoms with E-state index in [-0.39, 0.29) is 37.1 Å². The van der Waals surface area contributed by atoms with E-state index in [1.165, 1.54) is 11.0 Å². The Morgan fingerprint density at radius 1 is 1.23 bits per heavy atom. The number of aromatic nitrogens is 2. The number of aryl methyl sites for hydroxylation is 1. The molecule has 1 saturated carbocycles. The summed E-state index contributed by atoms with van der Waals surface area (Å²) in [6.07, 6.45) is 3.82. The second kappa shape index (κ2) is 9.70. The molecule has 35 heavy (non-hydrogen) atoms. The highest BCUT2D eigenvalue weighted by atomic mass is 35.5. The molecule has 1 fully saturated rings. The number of nitrogens with zero attached hydrogens (tertiary/aromatic N) is 3. The molecule has 0 saturated heterocycles. The second-order valence-electron chi connectivity index (χ2n) is 9.00. The molecule has 1 aliphatic carbocycles. The van der Waals surface area contributed by atoms with E-state index in [0.717, 1.165) is 36.9 Å². The average molecular weight is 497 g/mol. The summed E-state index contributed by atoms with van der Waals surface area (Å²) in [5, 5.41) is 8.19. The molecule has 9 heteroatoms. The van der Waals surface area contributed by atoms with Crippen LogP contribution in [0.25, 0.3) is 11.3 Å². The van der Waals surface area contributed by atoms with Gasteiger partial charge in [-0.15, -0.1) is 0 Å². The largest absolute Gasteiger partial charge is 0.488 e. The Balaban J connectivity index is 1.50. The van der Waals surface area contributed by atoms with Crippen LogP contribution in [0.3, 0.4) is 0 Å². The minimum Gasteiger partial charge on any atom is -0.488 e. The zero-order chi connectivity index (χ0) is 24.5. The zero-order valence-electron chi connectivity index (χ0n) is 19.4. The molecule has 2 heterocycles. The van der Waals surface area contributed by atoms with Crippen molar-refractivity contribution >= 4 is 29.2 Å². The minimum absolute atomic E-state index is 0.112. The van der Waals surface area contributed by atoms with Gasteiger partial charge < -0.3 is 10.1 Å². The summed E-state index contributed by atoms with van der Waals surface area (Å²) in [5.74, 6) is -0.158. The molecule has 3 aromatic rings. The summed E-state index contributed by atoms with van der Waals surface area (Å²) >= 11 is 6.23. The van der Waals surface area contributed by atoms with Crippen LogP contribution in [0.15, 0.2) is 42.5 Å². The van der Waals surface area contributed by atoms with Crippen LogP contribution in [0.5, 0.6) is 5.75 Å². The Hall–Kier alpha value is -3.39. The molecule has 0 bridgehead atoms. The van der Waals surface area contributed by atoms with Gasteiger partial charge >= 0.3 is 0 Å². The molecule has 5 rings (SSSR count). The van der Waals surface area contributed by atoms with Crippen molar-refractivity contribution in [3.63, 3.8) is 0 Å². The number of benzene rings is 2. The van der Waals surface area contributed by atoms with Gasteiger partial charge in [-0.1, -0.05) is 42.6 Å². The summed E-state index contributed by atoms with van der Waals surface area (Å²) < 4.78 is 21.9. The number of hydrogen-bond donors (Lipinski definition) is 1. The molecule has 7 nitrogen and oxygen atoms in total. The van der Waals surface area contributed by atoms with Crippen molar-refractivity contribution in [2.75, 3.05) is 11.4 Å². The molecule has 0 atom stereocenters. The molecule has 0 spiro atoms. The number of hydrogen-bond acceptors (Lipinski definition) is 4. The number of carbonyl (C=O) groups excluding carboxylic acids is 2. The Labute approximate surface area is 207 Å². The standard InChI is InChI=1S/C26H26ClFN4O3/c1-31-25-19-13-17(27)10-11-22(19)35-15-20(25)26(30-31)32(14-23(33)29-18-7-3-4-8-18)24(34)12-16-6-2-5-9-21(16)28/h2,5-6,9-11,13,18H,3-4,7-8,12,14-15H2,1H3,(H,29,33). The number of ether oxygens (including phenoxy) is 1. The fourth-order valence-electron chi connectivity index (χ4n) is 4.87. The van der Waals surface area contributed by atoms with Crippen molar-refractivity contribution in [3.8, 4) is 17.0 Å². The van der Waals surface area contributed by atoms with Crippen LogP contribution in [0.4, 0.5) is 10.2 Å². The molecule has 1 aromatic heterocycles. The second-order valence-corrected chi connectivity index (χ2v) is 9.44. The third-order valence-electron chi connectivity index (χ3n) is 6.57. The number of halogens is 2. The predicted molar refractivity (Wildman–Crippen MR) is 131 cm³/mol. The molecule has 1 aliphatic heterocycles. The van der Waals surface area contributed by atoms with Crippen LogP contribution in [0, 0.1) is 5.82 Å². The summed E-state index contributed by atoms with van der Waals surface area (Å²) in [7, 11) is 1.77. The van der Waals surface area contributed by atoms with Crippen LogP contribution >= 0.6 is 11.6 Å². The van der Waals surface area contributed by atoms with Gasteiger partial charge in [-0.2, -0.15) is 5.10 Å². The van der Waals surface area contributed by atoms with E-state index in [4.69, 9.17) is 16.3 Å². The van der Waals surface area contributed by atoms with Gasteiger partial charge in [0.05, 0.1) is 17.7 Å². The van der Waals surface area contributed by atoms with Crippen LogP contribution in [-0.4, -0.2) is 34.2 Å². The monoisotopic (exact) mass is 496 g/mol. The number of carbonyl (C=O) groups is 2. The van der Waals surface area contributed by atoms with E-state index in [0.29, 0.717) is 22.2 Å². The van der Waals surface area contributed by atoms with Crippen molar-refractivity contribution in [2.45, 2.75) is 44.8 Å². The Morgan fingerprint density at radius 3 is 2.77 bits per heavy atom. The van der Waals surface area contributed by atoms with Crippen molar-refractivity contribution in [1.82, 2.24) is 15.1 Å².